The van der Waals surface area contributed by atoms with Crippen LogP contribution < -0.4 is 5.32 Å². The Morgan fingerprint density at radius 1 is 1.12 bits per heavy atom. The fraction of sp³-hybridized carbons (Fsp3) is 0.316. The molecule has 2 aromatic rings. The van der Waals surface area contributed by atoms with E-state index in [1.165, 1.54) is 5.56 Å². The van der Waals surface area contributed by atoms with E-state index < -0.39 is 0 Å². The first-order valence-electron chi connectivity index (χ1n) is 7.90. The van der Waals surface area contributed by atoms with Crippen molar-refractivity contribution < 1.29 is 4.79 Å². The summed E-state index contributed by atoms with van der Waals surface area (Å²) in [6.45, 7) is 3.71. The van der Waals surface area contributed by atoms with Gasteiger partial charge in [-0.05, 0) is 36.2 Å². The van der Waals surface area contributed by atoms with Crippen LogP contribution in [0.4, 0.5) is 0 Å². The third-order valence-electron chi connectivity index (χ3n) is 3.82. The monoisotopic (exact) mass is 364 g/mol. The molecular formula is C19H22Cl2N2O. The number of hydrogen-bond acceptors (Lipinski definition) is 2. The molecule has 0 aliphatic carbocycles. The molecule has 0 bridgehead atoms. The molecule has 0 radical (unpaired) electrons. The van der Waals surface area contributed by atoms with Crippen molar-refractivity contribution in [3.05, 3.63) is 69.7 Å². The van der Waals surface area contributed by atoms with Crippen LogP contribution in [0.25, 0.3) is 0 Å². The molecule has 0 heterocycles. The summed E-state index contributed by atoms with van der Waals surface area (Å²) in [5.74, 6) is 0.302. The molecule has 0 saturated carbocycles. The highest BCUT2D eigenvalue weighted by Gasteiger charge is 2.10. The Morgan fingerprint density at radius 2 is 1.83 bits per heavy atom. The van der Waals surface area contributed by atoms with Crippen LogP contribution >= 0.6 is 23.2 Å². The maximum atomic E-state index is 12.1. The number of rotatable bonds is 7. The summed E-state index contributed by atoms with van der Waals surface area (Å²) >= 11 is 11.9. The van der Waals surface area contributed by atoms with Gasteiger partial charge in [-0.2, -0.15) is 0 Å². The number of carbonyl (C=O) groups excluding carboxylic acids is 1. The lowest BCUT2D eigenvalue weighted by Crippen LogP contribution is -2.36. The van der Waals surface area contributed by atoms with Crippen molar-refractivity contribution in [2.75, 3.05) is 20.1 Å². The summed E-state index contributed by atoms with van der Waals surface area (Å²) in [5.41, 5.74) is 2.25. The Labute approximate surface area is 153 Å². The zero-order valence-corrected chi connectivity index (χ0v) is 15.4. The van der Waals surface area contributed by atoms with E-state index in [2.05, 4.69) is 24.4 Å². The van der Waals surface area contributed by atoms with Crippen LogP contribution in [0.1, 0.15) is 24.0 Å². The quantitative estimate of drug-likeness (QED) is 0.792. The van der Waals surface area contributed by atoms with Crippen LogP contribution in [0.3, 0.4) is 0 Å². The fourth-order valence-electron chi connectivity index (χ4n) is 2.47. The zero-order valence-electron chi connectivity index (χ0n) is 13.9. The van der Waals surface area contributed by atoms with Gasteiger partial charge in [-0.15, -0.1) is 0 Å². The highest BCUT2D eigenvalue weighted by atomic mass is 35.5. The summed E-state index contributed by atoms with van der Waals surface area (Å²) in [6, 6.07) is 15.7. The minimum absolute atomic E-state index is 0.0142. The van der Waals surface area contributed by atoms with Gasteiger partial charge in [0.25, 0.3) is 0 Å². The molecule has 0 aliphatic rings. The van der Waals surface area contributed by atoms with Crippen molar-refractivity contribution in [2.45, 2.75) is 19.4 Å². The van der Waals surface area contributed by atoms with Crippen molar-refractivity contribution in [2.24, 2.45) is 0 Å². The molecule has 5 heteroatoms. The van der Waals surface area contributed by atoms with Crippen molar-refractivity contribution >= 4 is 29.1 Å². The summed E-state index contributed by atoms with van der Waals surface area (Å²) < 4.78 is 0. The Kier molecular flexibility index (Phi) is 7.10. The lowest BCUT2D eigenvalue weighted by atomic mass is 10.0. The minimum atomic E-state index is 0.0142. The van der Waals surface area contributed by atoms with Crippen LogP contribution in [0.15, 0.2) is 48.5 Å². The molecule has 128 valence electrons. The van der Waals surface area contributed by atoms with E-state index in [0.717, 1.165) is 5.56 Å². The van der Waals surface area contributed by atoms with E-state index in [-0.39, 0.29) is 11.8 Å². The van der Waals surface area contributed by atoms with Crippen LogP contribution in [0.2, 0.25) is 10.0 Å². The second-order valence-electron chi connectivity index (χ2n) is 6.04. The van der Waals surface area contributed by atoms with Gasteiger partial charge in [-0.3, -0.25) is 9.69 Å². The average Bonchev–Trinajstić information content (AvgIpc) is 2.56. The molecule has 3 nitrogen and oxygen atoms in total. The molecule has 2 rings (SSSR count). The van der Waals surface area contributed by atoms with Crippen molar-refractivity contribution in [3.63, 3.8) is 0 Å². The van der Waals surface area contributed by atoms with Crippen LogP contribution in [0, 0.1) is 0 Å². The van der Waals surface area contributed by atoms with E-state index >= 15 is 0 Å². The van der Waals surface area contributed by atoms with E-state index in [1.807, 2.05) is 42.3 Å². The second-order valence-corrected chi connectivity index (χ2v) is 6.85. The first kappa shape index (κ1) is 18.8. The van der Waals surface area contributed by atoms with Crippen LogP contribution in [0.5, 0.6) is 0 Å². The number of nitrogens with one attached hydrogen (secondary N) is 1. The van der Waals surface area contributed by atoms with Gasteiger partial charge in [-0.1, -0.05) is 66.5 Å². The fourth-order valence-corrected chi connectivity index (χ4v) is 2.79. The molecule has 1 N–H and O–H groups in total. The molecule has 24 heavy (non-hydrogen) atoms. The topological polar surface area (TPSA) is 32.3 Å². The summed E-state index contributed by atoms with van der Waals surface area (Å²) in [6.07, 6.45) is 0. The van der Waals surface area contributed by atoms with Gasteiger partial charge >= 0.3 is 0 Å². The Bertz CT molecular complexity index is 676. The number of nitrogens with zero attached hydrogens (tertiary/aromatic N) is 1. The number of hydrogen-bond donors (Lipinski definition) is 1. The molecule has 0 aliphatic heterocycles. The smallest absolute Gasteiger partial charge is 0.234 e. The maximum Gasteiger partial charge on any atom is 0.234 e. The Balaban J connectivity index is 1.78. The van der Waals surface area contributed by atoms with Crippen molar-refractivity contribution in [3.8, 4) is 0 Å². The summed E-state index contributed by atoms with van der Waals surface area (Å²) in [4.78, 5) is 14.0. The van der Waals surface area contributed by atoms with Gasteiger partial charge in [0.2, 0.25) is 5.91 Å². The van der Waals surface area contributed by atoms with E-state index in [1.54, 1.807) is 6.07 Å². The summed E-state index contributed by atoms with van der Waals surface area (Å²) in [7, 11) is 1.91. The van der Waals surface area contributed by atoms with E-state index in [4.69, 9.17) is 23.2 Å². The van der Waals surface area contributed by atoms with Crippen molar-refractivity contribution in [1.82, 2.24) is 10.2 Å². The summed E-state index contributed by atoms with van der Waals surface area (Å²) in [5, 5.41) is 4.06. The number of amides is 1. The third-order valence-corrected chi connectivity index (χ3v) is 4.56. The Morgan fingerprint density at radius 3 is 2.50 bits per heavy atom. The third kappa shape index (κ3) is 5.82. The normalized spacial score (nSPS) is 12.2. The van der Waals surface area contributed by atoms with Crippen LogP contribution in [-0.2, 0) is 11.3 Å². The number of halogens is 2. The predicted octanol–water partition coefficient (Wildman–Crippen LogP) is 4.35. The molecule has 0 unspecified atom stereocenters. The van der Waals surface area contributed by atoms with Gasteiger partial charge in [0, 0.05) is 13.1 Å². The highest BCUT2D eigenvalue weighted by molar-refractivity contribution is 6.42. The minimum Gasteiger partial charge on any atom is -0.354 e. The molecule has 1 amide bonds. The number of benzene rings is 2. The maximum absolute atomic E-state index is 12.1. The zero-order chi connectivity index (χ0) is 17.5. The van der Waals surface area contributed by atoms with Crippen molar-refractivity contribution in [1.29, 1.82) is 0 Å². The molecule has 0 aromatic heterocycles. The molecule has 0 spiro atoms. The van der Waals surface area contributed by atoms with Gasteiger partial charge < -0.3 is 5.32 Å². The number of carbonyl (C=O) groups is 1. The van der Waals surface area contributed by atoms with Gasteiger partial charge in [0.1, 0.15) is 0 Å². The first-order valence-corrected chi connectivity index (χ1v) is 8.65. The van der Waals surface area contributed by atoms with E-state index in [9.17, 15) is 4.79 Å². The molecule has 0 saturated heterocycles. The van der Waals surface area contributed by atoms with E-state index in [0.29, 0.717) is 29.7 Å². The average molecular weight is 365 g/mol. The molecule has 0 fully saturated rings. The predicted molar refractivity (Wildman–Crippen MR) is 101 cm³/mol. The number of likely N-dealkylation sites (N-methyl/N-ethyl adjacent to an activating group) is 1. The second kappa shape index (κ2) is 9.07. The molecule has 2 aromatic carbocycles. The SMILES string of the molecule is C[C@H](CNC(=O)CN(C)Cc1ccc(Cl)c(Cl)c1)c1ccccc1. The first-order chi connectivity index (χ1) is 11.5. The lowest BCUT2D eigenvalue weighted by Gasteiger charge is -2.18. The largest absolute Gasteiger partial charge is 0.354 e. The molecule has 1 atom stereocenters. The van der Waals surface area contributed by atoms with Gasteiger partial charge in [0.05, 0.1) is 16.6 Å². The standard InChI is InChI=1S/C19H22Cl2N2O/c1-14(16-6-4-3-5-7-16)11-22-19(24)13-23(2)12-15-8-9-17(20)18(21)10-15/h3-10,14H,11-13H2,1-2H3,(H,22,24)/t14-/m1/s1. The van der Waals surface area contributed by atoms with Gasteiger partial charge in [-0.25, -0.2) is 0 Å². The lowest BCUT2D eigenvalue weighted by molar-refractivity contribution is -0.122. The molecular weight excluding hydrogens is 343 g/mol. The van der Waals surface area contributed by atoms with Gasteiger partial charge in [0.15, 0.2) is 0 Å². The highest BCUT2D eigenvalue weighted by Crippen LogP contribution is 2.23. The Hall–Kier alpha value is -1.55. The van der Waals surface area contributed by atoms with Crippen LogP contribution in [-0.4, -0.2) is 30.9 Å².